The van der Waals surface area contributed by atoms with Crippen LogP contribution in [0, 0.1) is 6.92 Å². The van der Waals surface area contributed by atoms with E-state index >= 15 is 0 Å². The summed E-state index contributed by atoms with van der Waals surface area (Å²) in [7, 11) is -1.30. The van der Waals surface area contributed by atoms with E-state index in [4.69, 9.17) is 27.6 Å². The van der Waals surface area contributed by atoms with Gasteiger partial charge in [-0.25, -0.2) is 0 Å². The molecule has 0 N–H and O–H groups in total. The summed E-state index contributed by atoms with van der Waals surface area (Å²) in [6, 6.07) is 16.2. The first kappa shape index (κ1) is 21.9. The molecule has 0 aliphatic carbocycles. The van der Waals surface area contributed by atoms with Crippen LogP contribution in [0.2, 0.25) is 10.0 Å². The molecular formula is C23H22Cl2N2O3S. The molecule has 2 heterocycles. The van der Waals surface area contributed by atoms with Crippen LogP contribution in [0.4, 0.5) is 5.69 Å². The number of hydrogen-bond acceptors (Lipinski definition) is 4. The largest absolute Gasteiger partial charge is 0.455 e. The molecule has 0 spiro atoms. The SMILES string of the molecule is Cc1ccc(Cl)cc1N1CCN(C(=O)c2ccc(C[S@@](=O)c3cccc(Cl)c3)o2)CC1. The molecule has 8 heteroatoms. The third-order valence-corrected chi connectivity index (χ3v) is 7.08. The van der Waals surface area contributed by atoms with Gasteiger partial charge < -0.3 is 14.2 Å². The van der Waals surface area contributed by atoms with Crippen molar-refractivity contribution in [2.45, 2.75) is 17.6 Å². The van der Waals surface area contributed by atoms with Crippen molar-refractivity contribution in [1.29, 1.82) is 0 Å². The molecule has 1 aliphatic heterocycles. The monoisotopic (exact) mass is 476 g/mol. The molecule has 0 unspecified atom stereocenters. The zero-order chi connectivity index (χ0) is 22.0. The molecule has 3 aromatic rings. The van der Waals surface area contributed by atoms with Crippen LogP contribution in [0.15, 0.2) is 63.9 Å². The molecule has 2 aromatic carbocycles. The first-order chi connectivity index (χ1) is 14.9. The van der Waals surface area contributed by atoms with Crippen LogP contribution in [0.5, 0.6) is 0 Å². The highest BCUT2D eigenvalue weighted by atomic mass is 35.5. The second-order valence-corrected chi connectivity index (χ2v) is 9.75. The molecule has 4 rings (SSSR count). The number of carbonyl (C=O) groups excluding carboxylic acids is 1. The van der Waals surface area contributed by atoms with Crippen LogP contribution in [-0.4, -0.2) is 41.2 Å². The second-order valence-electron chi connectivity index (χ2n) is 7.42. The molecule has 1 atom stereocenters. The zero-order valence-corrected chi connectivity index (χ0v) is 19.3. The van der Waals surface area contributed by atoms with Gasteiger partial charge in [-0.2, -0.15) is 0 Å². The lowest BCUT2D eigenvalue weighted by atomic mass is 10.1. The van der Waals surface area contributed by atoms with Crippen molar-refractivity contribution in [2.24, 2.45) is 0 Å². The van der Waals surface area contributed by atoms with Crippen molar-refractivity contribution in [2.75, 3.05) is 31.1 Å². The van der Waals surface area contributed by atoms with Gasteiger partial charge in [-0.3, -0.25) is 9.00 Å². The molecule has 1 aliphatic rings. The van der Waals surface area contributed by atoms with E-state index < -0.39 is 10.8 Å². The van der Waals surface area contributed by atoms with Crippen LogP contribution in [-0.2, 0) is 16.6 Å². The van der Waals surface area contributed by atoms with Gasteiger partial charge in [-0.05, 0) is 55.0 Å². The second kappa shape index (κ2) is 9.47. The zero-order valence-electron chi connectivity index (χ0n) is 17.0. The Morgan fingerprint density at radius 1 is 1.00 bits per heavy atom. The van der Waals surface area contributed by atoms with E-state index in [2.05, 4.69) is 11.8 Å². The maximum atomic E-state index is 12.9. The summed E-state index contributed by atoms with van der Waals surface area (Å²) < 4.78 is 18.3. The van der Waals surface area contributed by atoms with Gasteiger partial charge in [-0.1, -0.05) is 35.3 Å². The number of rotatable bonds is 5. The van der Waals surface area contributed by atoms with Crippen LogP contribution in [0.25, 0.3) is 0 Å². The lowest BCUT2D eigenvalue weighted by Crippen LogP contribution is -2.48. The smallest absolute Gasteiger partial charge is 0.289 e. The van der Waals surface area contributed by atoms with Crippen LogP contribution >= 0.6 is 23.2 Å². The summed E-state index contributed by atoms with van der Waals surface area (Å²) in [6.45, 7) is 4.68. The Labute approximate surface area is 194 Å². The van der Waals surface area contributed by atoms with Gasteiger partial charge in [0.25, 0.3) is 5.91 Å². The topological polar surface area (TPSA) is 53.8 Å². The Morgan fingerprint density at radius 2 is 1.74 bits per heavy atom. The molecule has 1 aromatic heterocycles. The van der Waals surface area contributed by atoms with E-state index in [1.165, 1.54) is 0 Å². The van der Waals surface area contributed by atoms with E-state index in [0.29, 0.717) is 33.8 Å². The van der Waals surface area contributed by atoms with Gasteiger partial charge >= 0.3 is 0 Å². The maximum absolute atomic E-state index is 12.9. The van der Waals surface area contributed by atoms with Crippen molar-refractivity contribution in [3.05, 3.63) is 81.7 Å². The minimum absolute atomic E-state index is 0.151. The van der Waals surface area contributed by atoms with E-state index in [1.54, 1.807) is 41.3 Å². The number of nitrogens with zero attached hydrogens (tertiary/aromatic N) is 2. The first-order valence-electron chi connectivity index (χ1n) is 9.94. The third kappa shape index (κ3) is 5.14. The van der Waals surface area contributed by atoms with Crippen molar-refractivity contribution in [3.63, 3.8) is 0 Å². The molecule has 1 fully saturated rings. The fourth-order valence-corrected chi connectivity index (χ4v) is 5.11. The van der Waals surface area contributed by atoms with Gasteiger partial charge in [0.2, 0.25) is 0 Å². The third-order valence-electron chi connectivity index (χ3n) is 5.28. The summed E-state index contributed by atoms with van der Waals surface area (Å²) in [5, 5.41) is 1.24. The lowest BCUT2D eigenvalue weighted by molar-refractivity contribution is 0.0713. The molecule has 0 bridgehead atoms. The number of hydrogen-bond donors (Lipinski definition) is 0. The molecule has 5 nitrogen and oxygen atoms in total. The van der Waals surface area contributed by atoms with Gasteiger partial charge in [0.05, 0.1) is 16.6 Å². The number of aryl methyl sites for hydroxylation is 1. The minimum atomic E-state index is -1.30. The van der Waals surface area contributed by atoms with E-state index in [-0.39, 0.29) is 17.4 Å². The van der Waals surface area contributed by atoms with Crippen molar-refractivity contribution >= 4 is 45.6 Å². The lowest BCUT2D eigenvalue weighted by Gasteiger charge is -2.36. The summed E-state index contributed by atoms with van der Waals surface area (Å²) in [4.78, 5) is 17.5. The molecular weight excluding hydrogens is 455 g/mol. The number of piperazine rings is 1. The van der Waals surface area contributed by atoms with Gasteiger partial charge in [0.15, 0.2) is 5.76 Å². The fraction of sp³-hybridized carbons (Fsp3) is 0.261. The number of halogens is 2. The average Bonchev–Trinajstić information content (AvgIpc) is 3.23. The Balaban J connectivity index is 1.37. The minimum Gasteiger partial charge on any atom is -0.455 e. The number of carbonyl (C=O) groups is 1. The van der Waals surface area contributed by atoms with Crippen LogP contribution < -0.4 is 4.90 Å². The van der Waals surface area contributed by atoms with Crippen LogP contribution in [0.3, 0.4) is 0 Å². The van der Waals surface area contributed by atoms with Crippen LogP contribution in [0.1, 0.15) is 21.9 Å². The highest BCUT2D eigenvalue weighted by Gasteiger charge is 2.25. The summed E-state index contributed by atoms with van der Waals surface area (Å²) in [5.41, 5.74) is 2.26. The van der Waals surface area contributed by atoms with E-state index in [9.17, 15) is 9.00 Å². The van der Waals surface area contributed by atoms with Gasteiger partial charge in [-0.15, -0.1) is 0 Å². The van der Waals surface area contributed by atoms with Crippen molar-refractivity contribution in [1.82, 2.24) is 4.90 Å². The molecule has 0 saturated carbocycles. The Kier molecular flexibility index (Phi) is 6.70. The predicted octanol–water partition coefficient (Wildman–Crippen LogP) is 5.17. The molecule has 1 saturated heterocycles. The Morgan fingerprint density at radius 3 is 2.48 bits per heavy atom. The number of benzene rings is 2. The summed E-state index contributed by atoms with van der Waals surface area (Å²) in [5.74, 6) is 0.817. The fourth-order valence-electron chi connectivity index (χ4n) is 3.62. The van der Waals surface area contributed by atoms with Crippen molar-refractivity contribution in [3.8, 4) is 0 Å². The van der Waals surface area contributed by atoms with Crippen molar-refractivity contribution < 1.29 is 13.4 Å². The Hall–Kier alpha value is -2.28. The number of furan rings is 1. The molecule has 162 valence electrons. The molecule has 1 amide bonds. The first-order valence-corrected chi connectivity index (χ1v) is 12.0. The molecule has 31 heavy (non-hydrogen) atoms. The van der Waals surface area contributed by atoms with Gasteiger partial charge in [0, 0.05) is 46.8 Å². The normalized spacial score (nSPS) is 15.2. The standard InChI is InChI=1S/C23H22Cl2N2O3S/c1-16-5-6-18(25)14-21(16)26-9-11-27(12-10-26)23(28)22-8-7-19(30-22)15-31(29)20-4-2-3-17(24)13-20/h2-8,13-14H,9-12,15H2,1H3/t31-/m1/s1. The highest BCUT2D eigenvalue weighted by Crippen LogP contribution is 2.26. The van der Waals surface area contributed by atoms with E-state index in [1.807, 2.05) is 18.2 Å². The average molecular weight is 477 g/mol. The summed E-state index contributed by atoms with van der Waals surface area (Å²) >= 11 is 12.1. The Bertz CT molecular complexity index is 1120. The number of amides is 1. The van der Waals surface area contributed by atoms with Gasteiger partial charge in [0.1, 0.15) is 5.76 Å². The predicted molar refractivity (Wildman–Crippen MR) is 125 cm³/mol. The highest BCUT2D eigenvalue weighted by molar-refractivity contribution is 7.84. The quantitative estimate of drug-likeness (QED) is 0.509. The maximum Gasteiger partial charge on any atom is 0.289 e. The number of anilines is 1. The molecule has 0 radical (unpaired) electrons. The van der Waals surface area contributed by atoms with E-state index in [0.717, 1.165) is 24.3 Å². The summed E-state index contributed by atoms with van der Waals surface area (Å²) in [6.07, 6.45) is 0.